The van der Waals surface area contributed by atoms with E-state index in [2.05, 4.69) is 20.2 Å². The van der Waals surface area contributed by atoms with Gasteiger partial charge in [0.15, 0.2) is 27.2 Å². The number of aromatic nitrogens is 6. The molecule has 5 rings (SSSR count). The Morgan fingerprint density at radius 3 is 2.47 bits per heavy atom. The zero-order valence-corrected chi connectivity index (χ0v) is 21.9. The smallest absolute Gasteiger partial charge is 0.204 e. The Balaban J connectivity index is 1.56. The number of fused-ring (bicyclic) bond motifs is 1. The first-order valence-corrected chi connectivity index (χ1v) is 13.3. The van der Waals surface area contributed by atoms with Crippen LogP contribution < -0.4 is 9.47 Å². The third-order valence-electron chi connectivity index (χ3n) is 6.29. The monoisotopic (exact) mass is 540 g/mol. The van der Waals surface area contributed by atoms with Crippen LogP contribution in [0.2, 0.25) is 0 Å². The summed E-state index contributed by atoms with van der Waals surface area (Å²) < 4.78 is 61.3. The van der Waals surface area contributed by atoms with Crippen LogP contribution in [0.4, 0.5) is 4.39 Å². The molecule has 198 valence electrons. The molecule has 0 aliphatic rings. The highest BCUT2D eigenvalue weighted by molar-refractivity contribution is 7.91. The van der Waals surface area contributed by atoms with Gasteiger partial charge in [-0.2, -0.15) is 0 Å². The molecular weight excluding hydrogens is 515 g/mol. The van der Waals surface area contributed by atoms with Crippen LogP contribution in [-0.2, 0) is 29.1 Å². The molecule has 0 aliphatic heterocycles. The van der Waals surface area contributed by atoms with E-state index in [1.165, 1.54) is 31.4 Å². The second-order valence-corrected chi connectivity index (χ2v) is 11.1. The molecule has 0 fully saturated rings. The summed E-state index contributed by atoms with van der Waals surface area (Å²) in [6, 6.07) is 8.60. The predicted octanol–water partition coefficient (Wildman–Crippen LogP) is 3.51. The molecule has 38 heavy (non-hydrogen) atoms. The van der Waals surface area contributed by atoms with Crippen molar-refractivity contribution in [3.63, 3.8) is 0 Å². The number of ether oxygens (including phenoxy) is 2. The van der Waals surface area contributed by atoms with Crippen LogP contribution in [0.5, 0.6) is 11.5 Å². The molecule has 0 aliphatic carbocycles. The van der Waals surface area contributed by atoms with Gasteiger partial charge in [0.05, 0.1) is 44.0 Å². The molecule has 1 aromatic carbocycles. The molecule has 0 amide bonds. The fourth-order valence-corrected chi connectivity index (χ4v) is 5.56. The van der Waals surface area contributed by atoms with Crippen LogP contribution in [0.1, 0.15) is 18.4 Å². The van der Waals surface area contributed by atoms with E-state index in [4.69, 9.17) is 13.9 Å². The van der Waals surface area contributed by atoms with Gasteiger partial charge in [-0.1, -0.05) is 6.07 Å². The number of hydrogen-bond donors (Lipinski definition) is 0. The summed E-state index contributed by atoms with van der Waals surface area (Å²) in [4.78, 5) is 8.36. The first-order chi connectivity index (χ1) is 18.2. The van der Waals surface area contributed by atoms with E-state index in [0.29, 0.717) is 34.2 Å². The number of nitrogens with zero attached hydrogens (tertiary/aromatic N) is 6. The van der Waals surface area contributed by atoms with Gasteiger partial charge in [0.2, 0.25) is 5.82 Å². The third-order valence-corrected chi connectivity index (χ3v) is 8.34. The van der Waals surface area contributed by atoms with Crippen LogP contribution in [0, 0.1) is 5.82 Å². The van der Waals surface area contributed by atoms with Crippen LogP contribution in [0.15, 0.2) is 53.5 Å². The van der Waals surface area contributed by atoms with E-state index < -0.39 is 26.7 Å². The maximum absolute atomic E-state index is 14.3. The fraction of sp³-hybridized carbons (Fsp3) is 0.280. The Morgan fingerprint density at radius 1 is 1.08 bits per heavy atom. The number of sulfone groups is 1. The molecule has 0 saturated carbocycles. The lowest BCUT2D eigenvalue weighted by Gasteiger charge is -2.18. The molecule has 5 aromatic rings. The SMILES string of the molecule is COc1cccc(OC)c1-n1c(CS(=O)(=O)[C@@H](C)Cc2ncc(F)c3c2ncn3C)nnc1-c1ccco1. The molecule has 4 heterocycles. The first kappa shape index (κ1) is 25.4. The maximum Gasteiger partial charge on any atom is 0.204 e. The Bertz CT molecular complexity index is 1690. The van der Waals surface area contributed by atoms with E-state index in [0.717, 1.165) is 6.20 Å². The normalized spacial score (nSPS) is 12.7. The molecule has 0 unspecified atom stereocenters. The molecule has 1 atom stereocenters. The number of para-hydroxylation sites is 1. The molecule has 4 aromatic heterocycles. The number of hydrogen-bond acceptors (Lipinski definition) is 9. The van der Waals surface area contributed by atoms with Crippen molar-refractivity contribution in [1.82, 2.24) is 29.3 Å². The van der Waals surface area contributed by atoms with E-state index in [1.807, 2.05) is 0 Å². The van der Waals surface area contributed by atoms with E-state index in [1.54, 1.807) is 48.9 Å². The van der Waals surface area contributed by atoms with E-state index in [9.17, 15) is 12.8 Å². The summed E-state index contributed by atoms with van der Waals surface area (Å²) >= 11 is 0. The lowest BCUT2D eigenvalue weighted by molar-refractivity contribution is 0.390. The topological polar surface area (TPSA) is 127 Å². The third kappa shape index (κ3) is 4.38. The minimum atomic E-state index is -3.81. The van der Waals surface area contributed by atoms with Crippen LogP contribution >= 0.6 is 0 Å². The highest BCUT2D eigenvalue weighted by atomic mass is 32.2. The zero-order chi connectivity index (χ0) is 27.0. The summed E-state index contributed by atoms with van der Waals surface area (Å²) in [7, 11) is 0.856. The number of imidazole rings is 1. The summed E-state index contributed by atoms with van der Waals surface area (Å²) in [5.41, 5.74) is 1.42. The number of methoxy groups -OCH3 is 2. The van der Waals surface area contributed by atoms with Gasteiger partial charge in [-0.25, -0.2) is 17.8 Å². The molecule has 0 bridgehead atoms. The lowest BCUT2D eigenvalue weighted by Crippen LogP contribution is -2.24. The molecule has 0 saturated heterocycles. The number of benzene rings is 1. The largest absolute Gasteiger partial charge is 0.494 e. The van der Waals surface area contributed by atoms with Crippen LogP contribution in [0.25, 0.3) is 28.3 Å². The van der Waals surface area contributed by atoms with Crippen molar-refractivity contribution < 1.29 is 26.7 Å². The Labute approximate surface area is 217 Å². The van der Waals surface area contributed by atoms with E-state index in [-0.39, 0.29) is 23.6 Å². The fourth-order valence-electron chi connectivity index (χ4n) is 4.31. The standard InChI is InChI=1S/C25H25FN6O5S/c1-15(11-17-22-23(16(26)12-27-17)31(2)14-28-22)38(33,34)13-21-29-30-25(20-9-6-10-37-20)32(21)24-18(35-3)7-5-8-19(24)36-4/h5-10,12,14-15H,11,13H2,1-4H3/t15-/m0/s1. The van der Waals surface area contributed by atoms with E-state index >= 15 is 0 Å². The van der Waals surface area contributed by atoms with Gasteiger partial charge >= 0.3 is 0 Å². The molecule has 0 N–H and O–H groups in total. The number of aryl methyl sites for hydroxylation is 1. The summed E-state index contributed by atoms with van der Waals surface area (Å²) in [5, 5.41) is 7.58. The predicted molar refractivity (Wildman–Crippen MR) is 136 cm³/mol. The van der Waals surface area contributed by atoms with Crippen molar-refractivity contribution in [2.45, 2.75) is 24.3 Å². The van der Waals surface area contributed by atoms with Crippen molar-refractivity contribution in [3.05, 3.63) is 66.5 Å². The Hall–Kier alpha value is -4.26. The Morgan fingerprint density at radius 2 is 1.82 bits per heavy atom. The lowest BCUT2D eigenvalue weighted by atomic mass is 10.2. The quantitative estimate of drug-likeness (QED) is 0.276. The van der Waals surface area contributed by atoms with Crippen LogP contribution in [-0.4, -0.2) is 57.2 Å². The van der Waals surface area contributed by atoms with Crippen molar-refractivity contribution >= 4 is 20.9 Å². The average Bonchev–Trinajstić information content (AvgIpc) is 3.65. The summed E-state index contributed by atoms with van der Waals surface area (Å²) in [5.74, 6) is 0.690. The maximum atomic E-state index is 14.3. The van der Waals surface area contributed by atoms with Gasteiger partial charge in [0.1, 0.15) is 34.0 Å². The van der Waals surface area contributed by atoms with Gasteiger partial charge in [0, 0.05) is 13.5 Å². The highest BCUT2D eigenvalue weighted by Gasteiger charge is 2.30. The number of pyridine rings is 1. The van der Waals surface area contributed by atoms with Gasteiger partial charge in [0.25, 0.3) is 0 Å². The second-order valence-electron chi connectivity index (χ2n) is 8.69. The van der Waals surface area contributed by atoms with Crippen molar-refractivity contribution in [1.29, 1.82) is 0 Å². The van der Waals surface area contributed by atoms with Crippen molar-refractivity contribution in [2.75, 3.05) is 14.2 Å². The second kappa shape index (κ2) is 9.89. The van der Waals surface area contributed by atoms with Gasteiger partial charge < -0.3 is 18.5 Å². The van der Waals surface area contributed by atoms with Gasteiger partial charge in [-0.3, -0.25) is 9.55 Å². The number of furan rings is 1. The Kier molecular flexibility index (Phi) is 6.61. The van der Waals surface area contributed by atoms with Crippen molar-refractivity contribution in [3.8, 4) is 28.8 Å². The number of halogens is 1. The highest BCUT2D eigenvalue weighted by Crippen LogP contribution is 2.37. The number of rotatable bonds is 9. The minimum absolute atomic E-state index is 0.0350. The molecular formula is C25H25FN6O5S. The van der Waals surface area contributed by atoms with Crippen LogP contribution in [0.3, 0.4) is 0 Å². The van der Waals surface area contributed by atoms with Gasteiger partial charge in [-0.05, 0) is 31.2 Å². The average molecular weight is 541 g/mol. The minimum Gasteiger partial charge on any atom is -0.494 e. The molecule has 11 nitrogen and oxygen atoms in total. The molecule has 0 spiro atoms. The zero-order valence-electron chi connectivity index (χ0n) is 21.1. The summed E-state index contributed by atoms with van der Waals surface area (Å²) in [6.45, 7) is 1.58. The van der Waals surface area contributed by atoms with Crippen molar-refractivity contribution in [2.24, 2.45) is 7.05 Å². The van der Waals surface area contributed by atoms with Gasteiger partial charge in [-0.15, -0.1) is 10.2 Å². The molecule has 0 radical (unpaired) electrons. The first-order valence-electron chi connectivity index (χ1n) is 11.6. The summed E-state index contributed by atoms with van der Waals surface area (Å²) in [6.07, 6.45) is 4.07. The molecule has 13 heteroatoms.